The van der Waals surface area contributed by atoms with Crippen molar-refractivity contribution in [2.75, 3.05) is 5.32 Å². The summed E-state index contributed by atoms with van der Waals surface area (Å²) in [6, 6.07) is 12.2. The van der Waals surface area contributed by atoms with E-state index in [1.165, 1.54) is 12.3 Å². The van der Waals surface area contributed by atoms with Gasteiger partial charge in [-0.1, -0.05) is 15.9 Å². The second-order valence-corrected chi connectivity index (χ2v) is 8.04. The summed E-state index contributed by atoms with van der Waals surface area (Å²) < 4.78 is 43.3. The smallest absolute Gasteiger partial charge is 0.305 e. The highest BCUT2D eigenvalue weighted by Crippen LogP contribution is 2.30. The molecule has 0 saturated carbocycles. The fourth-order valence-electron chi connectivity index (χ4n) is 2.75. The van der Waals surface area contributed by atoms with Crippen LogP contribution in [0.3, 0.4) is 0 Å². The maximum Gasteiger partial charge on any atom is 0.456 e. The van der Waals surface area contributed by atoms with E-state index in [0.717, 1.165) is 19.5 Å². The molecule has 0 aliphatic heterocycles. The Hall–Kier alpha value is -2.79. The Bertz CT molecular complexity index is 1240. The van der Waals surface area contributed by atoms with E-state index >= 15 is 0 Å². The normalized spacial score (nSPS) is 11.6. The number of hydrogen-bond acceptors (Lipinski definition) is 3. The number of carbonyl (C=O) groups is 1. The number of pyridine rings is 1. The van der Waals surface area contributed by atoms with Gasteiger partial charge in [0, 0.05) is 26.8 Å². The maximum atomic E-state index is 13.7. The van der Waals surface area contributed by atoms with Gasteiger partial charge in [0.2, 0.25) is 5.69 Å². The standard InChI is InChI=1S/C19H10Br2F3N5O/c20-11-3-1-10(2-4-11)13-7-15(19(22,23)24)29-17(26-13)8-14(28-29)18(30)27-16-6-5-12(21)9-25-16/h1-9H,(H,25,27,30)/p+1. The van der Waals surface area contributed by atoms with E-state index in [1.54, 1.807) is 36.4 Å². The fraction of sp³-hybridized carbons (Fsp3) is 0.0526. The van der Waals surface area contributed by atoms with Gasteiger partial charge in [0.1, 0.15) is 11.5 Å². The number of benzene rings is 1. The van der Waals surface area contributed by atoms with E-state index in [2.05, 4.69) is 52.2 Å². The first-order chi connectivity index (χ1) is 14.2. The Balaban J connectivity index is 1.77. The van der Waals surface area contributed by atoms with Crippen molar-refractivity contribution in [1.29, 1.82) is 0 Å². The topological polar surface area (TPSA) is 74.8 Å². The van der Waals surface area contributed by atoms with Crippen molar-refractivity contribution in [2.24, 2.45) is 0 Å². The van der Waals surface area contributed by atoms with Crippen molar-refractivity contribution in [1.82, 2.24) is 15.1 Å². The minimum absolute atomic E-state index is 0.0448. The molecule has 6 nitrogen and oxygen atoms in total. The number of hydrogen-bond donors (Lipinski definition) is 2. The molecule has 0 aliphatic rings. The monoisotopic (exact) mass is 540 g/mol. The fourth-order valence-corrected chi connectivity index (χ4v) is 3.25. The Morgan fingerprint density at radius 1 is 1.03 bits per heavy atom. The molecule has 0 bridgehead atoms. The van der Waals surface area contributed by atoms with Crippen LogP contribution in [0.4, 0.5) is 19.0 Å². The van der Waals surface area contributed by atoms with Crippen molar-refractivity contribution in [3.63, 3.8) is 0 Å². The van der Waals surface area contributed by atoms with Crippen LogP contribution in [0.1, 0.15) is 16.2 Å². The van der Waals surface area contributed by atoms with E-state index in [9.17, 15) is 18.0 Å². The molecule has 4 aromatic rings. The van der Waals surface area contributed by atoms with Crippen LogP contribution in [0.25, 0.3) is 16.9 Å². The number of nitrogens with zero attached hydrogens (tertiary/aromatic N) is 3. The van der Waals surface area contributed by atoms with Gasteiger partial charge in [0.25, 0.3) is 5.91 Å². The van der Waals surface area contributed by atoms with Crippen LogP contribution >= 0.6 is 31.9 Å². The molecule has 0 radical (unpaired) electrons. The highest BCUT2D eigenvalue weighted by atomic mass is 79.9. The molecule has 1 amide bonds. The molecule has 2 N–H and O–H groups in total. The largest absolute Gasteiger partial charge is 0.456 e. The van der Waals surface area contributed by atoms with Gasteiger partial charge in [-0.15, -0.1) is 4.52 Å². The lowest BCUT2D eigenvalue weighted by Gasteiger charge is -2.05. The van der Waals surface area contributed by atoms with Gasteiger partial charge in [-0.05, 0) is 57.3 Å². The lowest BCUT2D eigenvalue weighted by molar-refractivity contribution is -0.604. The van der Waals surface area contributed by atoms with Crippen molar-refractivity contribution in [3.05, 3.63) is 75.1 Å². The zero-order valence-electron chi connectivity index (χ0n) is 14.8. The molecule has 0 fully saturated rings. The molecule has 11 heteroatoms. The molecule has 0 aliphatic carbocycles. The lowest BCUT2D eigenvalue weighted by Crippen LogP contribution is -2.36. The molecule has 152 valence electrons. The second-order valence-electron chi connectivity index (χ2n) is 6.21. The van der Waals surface area contributed by atoms with Crippen molar-refractivity contribution >= 4 is 49.2 Å². The Labute approximate surface area is 184 Å². The number of H-pyrrole nitrogens is 1. The molecular formula is C19H11Br2F3N5O+. The predicted octanol–water partition coefficient (Wildman–Crippen LogP) is 5.01. The number of nitrogens with one attached hydrogen (secondary N) is 2. The summed E-state index contributed by atoms with van der Waals surface area (Å²) in [5, 5.41) is 4.99. The number of aromatic amines is 1. The van der Waals surface area contributed by atoms with Crippen LogP contribution in [-0.2, 0) is 6.18 Å². The summed E-state index contributed by atoms with van der Waals surface area (Å²) in [4.78, 5) is 20.8. The number of anilines is 1. The van der Waals surface area contributed by atoms with Crippen LogP contribution < -0.4 is 9.83 Å². The zero-order valence-corrected chi connectivity index (χ0v) is 18.0. The summed E-state index contributed by atoms with van der Waals surface area (Å²) in [6.45, 7) is 0. The molecule has 0 atom stereocenters. The van der Waals surface area contributed by atoms with E-state index in [1.807, 2.05) is 0 Å². The van der Waals surface area contributed by atoms with Gasteiger partial charge in [0.05, 0.1) is 6.07 Å². The van der Waals surface area contributed by atoms with E-state index in [4.69, 9.17) is 0 Å². The molecule has 4 rings (SSSR count). The van der Waals surface area contributed by atoms with Crippen molar-refractivity contribution in [2.45, 2.75) is 6.18 Å². The van der Waals surface area contributed by atoms with E-state index in [-0.39, 0.29) is 22.9 Å². The zero-order chi connectivity index (χ0) is 21.5. The molecular weight excluding hydrogens is 531 g/mol. The molecule has 0 spiro atoms. The van der Waals surface area contributed by atoms with Gasteiger partial charge >= 0.3 is 11.8 Å². The Morgan fingerprint density at radius 3 is 2.37 bits per heavy atom. The summed E-state index contributed by atoms with van der Waals surface area (Å²) in [7, 11) is 0. The average molecular weight is 542 g/mol. The molecule has 0 saturated heterocycles. The third-order valence-corrected chi connectivity index (χ3v) is 5.13. The van der Waals surface area contributed by atoms with E-state index in [0.29, 0.717) is 5.56 Å². The summed E-state index contributed by atoms with van der Waals surface area (Å²) in [5.41, 5.74) is -0.471. The SMILES string of the molecule is O=C(Nc1ccc(Br)cn1)c1cc2nc(-c3ccc(Br)cc3)cc(C(F)(F)F)[n+]2[nH]1. The van der Waals surface area contributed by atoms with Gasteiger partial charge in [-0.2, -0.15) is 13.2 Å². The van der Waals surface area contributed by atoms with Gasteiger partial charge in [-0.25, -0.2) is 10.1 Å². The molecule has 3 aromatic heterocycles. The first kappa shape index (κ1) is 20.5. The predicted molar refractivity (Wildman–Crippen MR) is 110 cm³/mol. The Kier molecular flexibility index (Phi) is 5.33. The number of fused-ring (bicyclic) bond motifs is 1. The van der Waals surface area contributed by atoms with Crippen LogP contribution in [0.2, 0.25) is 0 Å². The summed E-state index contributed by atoms with van der Waals surface area (Å²) in [5.74, 6) is -0.389. The maximum absolute atomic E-state index is 13.7. The number of rotatable bonds is 3. The molecule has 3 heterocycles. The minimum Gasteiger partial charge on any atom is -0.305 e. The van der Waals surface area contributed by atoms with Crippen molar-refractivity contribution < 1.29 is 22.5 Å². The number of alkyl halides is 3. The average Bonchev–Trinajstić information content (AvgIpc) is 3.13. The third-order valence-electron chi connectivity index (χ3n) is 4.13. The van der Waals surface area contributed by atoms with Crippen LogP contribution in [-0.4, -0.2) is 21.0 Å². The number of halogens is 5. The van der Waals surface area contributed by atoms with Crippen LogP contribution in [0.15, 0.2) is 63.7 Å². The highest BCUT2D eigenvalue weighted by molar-refractivity contribution is 9.10. The Morgan fingerprint density at radius 2 is 1.73 bits per heavy atom. The minimum atomic E-state index is -4.66. The lowest BCUT2D eigenvalue weighted by atomic mass is 10.1. The quantitative estimate of drug-likeness (QED) is 0.358. The molecule has 30 heavy (non-hydrogen) atoms. The number of amides is 1. The van der Waals surface area contributed by atoms with Crippen LogP contribution in [0, 0.1) is 0 Å². The van der Waals surface area contributed by atoms with Crippen LogP contribution in [0.5, 0.6) is 0 Å². The molecule has 1 aromatic carbocycles. The van der Waals surface area contributed by atoms with Gasteiger partial charge in [-0.3, -0.25) is 4.79 Å². The second kappa shape index (κ2) is 7.80. The number of aromatic nitrogens is 4. The summed E-state index contributed by atoms with van der Waals surface area (Å²) in [6.07, 6.45) is -3.18. The highest BCUT2D eigenvalue weighted by Gasteiger charge is 2.40. The first-order valence-corrected chi connectivity index (χ1v) is 10.0. The van der Waals surface area contributed by atoms with Crippen molar-refractivity contribution in [3.8, 4) is 11.3 Å². The van der Waals surface area contributed by atoms with Gasteiger partial charge in [0.15, 0.2) is 5.69 Å². The third kappa shape index (κ3) is 4.21. The number of carbonyl (C=O) groups excluding carboxylic acids is 1. The first-order valence-electron chi connectivity index (χ1n) is 8.42. The van der Waals surface area contributed by atoms with E-state index < -0.39 is 17.8 Å². The molecule has 0 unspecified atom stereocenters. The summed E-state index contributed by atoms with van der Waals surface area (Å²) >= 11 is 6.53. The van der Waals surface area contributed by atoms with Gasteiger partial charge < -0.3 is 5.32 Å².